The highest BCUT2D eigenvalue weighted by Gasteiger charge is 2.39. The van der Waals surface area contributed by atoms with Crippen LogP contribution in [0.15, 0.2) is 176 Å². The van der Waals surface area contributed by atoms with E-state index in [1.165, 1.54) is 22.3 Å². The van der Waals surface area contributed by atoms with Crippen LogP contribution in [0.5, 0.6) is 0 Å². The summed E-state index contributed by atoms with van der Waals surface area (Å²) in [5.41, 5.74) is 7.49. The van der Waals surface area contributed by atoms with E-state index in [1.807, 2.05) is 12.1 Å². The lowest BCUT2D eigenvalue weighted by Crippen LogP contribution is -2.31. The molecule has 0 spiro atoms. The molecule has 0 N–H and O–H groups in total. The summed E-state index contributed by atoms with van der Waals surface area (Å²) in [4.78, 5) is -0.810. The SMILES string of the molecule is ClC(c1ccccc1)(c1ccccc1)c1ccc(C(c2ccccc2)(c2ccccc2)c2ccccc2)cc1. The van der Waals surface area contributed by atoms with Crippen LogP contribution < -0.4 is 0 Å². The van der Waals surface area contributed by atoms with E-state index in [2.05, 4.69) is 164 Å². The average Bonchev–Trinajstić information content (AvgIpc) is 3.04. The molecule has 0 atom stereocenters. The monoisotopic (exact) mass is 520 g/mol. The van der Waals surface area contributed by atoms with Crippen LogP contribution in [0.25, 0.3) is 0 Å². The van der Waals surface area contributed by atoms with E-state index in [4.69, 9.17) is 11.6 Å². The smallest absolute Gasteiger partial charge is 0.104 e. The van der Waals surface area contributed by atoms with Gasteiger partial charge in [0.05, 0.1) is 5.41 Å². The Morgan fingerprint density at radius 2 is 0.462 bits per heavy atom. The molecule has 0 bridgehead atoms. The van der Waals surface area contributed by atoms with Gasteiger partial charge in [0.2, 0.25) is 0 Å². The maximum absolute atomic E-state index is 7.63. The Hall–Kier alpha value is -4.39. The second kappa shape index (κ2) is 10.8. The van der Waals surface area contributed by atoms with Gasteiger partial charge in [-0.1, -0.05) is 176 Å². The Kier molecular flexibility index (Phi) is 6.88. The maximum Gasteiger partial charge on any atom is 0.119 e. The fraction of sp³-hybridized carbons (Fsp3) is 0.0526. The number of alkyl halides is 1. The van der Waals surface area contributed by atoms with Crippen molar-refractivity contribution >= 4 is 11.6 Å². The van der Waals surface area contributed by atoms with Gasteiger partial charge < -0.3 is 0 Å². The predicted octanol–water partition coefficient (Wildman–Crippen LogP) is 9.60. The van der Waals surface area contributed by atoms with Gasteiger partial charge in [0.15, 0.2) is 0 Å². The maximum atomic E-state index is 7.63. The van der Waals surface area contributed by atoms with Gasteiger partial charge in [-0.2, -0.15) is 0 Å². The minimum absolute atomic E-state index is 0.489. The second-order valence-corrected chi connectivity index (χ2v) is 10.4. The van der Waals surface area contributed by atoms with Crippen molar-refractivity contribution in [2.75, 3.05) is 0 Å². The Morgan fingerprint density at radius 1 is 0.256 bits per heavy atom. The largest absolute Gasteiger partial charge is 0.119 e. The molecule has 0 heterocycles. The molecule has 0 radical (unpaired) electrons. The van der Waals surface area contributed by atoms with Crippen molar-refractivity contribution in [2.45, 2.75) is 10.3 Å². The summed E-state index contributed by atoms with van der Waals surface area (Å²) in [6.07, 6.45) is 0. The van der Waals surface area contributed by atoms with Crippen LogP contribution in [0.1, 0.15) is 38.9 Å². The molecule has 39 heavy (non-hydrogen) atoms. The quantitative estimate of drug-likeness (QED) is 0.145. The van der Waals surface area contributed by atoms with Crippen LogP contribution in [0.2, 0.25) is 0 Å². The lowest BCUT2D eigenvalue weighted by Gasteiger charge is -2.37. The predicted molar refractivity (Wildman–Crippen MR) is 163 cm³/mol. The molecule has 0 saturated carbocycles. The van der Waals surface area contributed by atoms with Crippen molar-refractivity contribution in [3.8, 4) is 0 Å². The zero-order valence-corrected chi connectivity index (χ0v) is 22.4. The van der Waals surface area contributed by atoms with Gasteiger partial charge >= 0.3 is 0 Å². The van der Waals surface area contributed by atoms with E-state index in [1.54, 1.807) is 0 Å². The molecule has 1 heteroatoms. The summed E-state index contributed by atoms with van der Waals surface area (Å²) in [7, 11) is 0. The molecule has 6 aromatic carbocycles. The molecule has 0 fully saturated rings. The molecule has 0 unspecified atom stereocenters. The van der Waals surface area contributed by atoms with Crippen LogP contribution in [0, 0.1) is 0 Å². The lowest BCUT2D eigenvalue weighted by atomic mass is 9.65. The molecule has 188 valence electrons. The molecule has 0 aliphatic carbocycles. The summed E-state index contributed by atoms with van der Waals surface area (Å²) in [5.74, 6) is 0. The van der Waals surface area contributed by atoms with Crippen LogP contribution in [-0.2, 0) is 10.3 Å². The van der Waals surface area contributed by atoms with Gasteiger partial charge in [-0.15, -0.1) is 11.6 Å². The summed E-state index contributed by atoms with van der Waals surface area (Å²) >= 11 is 7.63. The molecule has 0 saturated heterocycles. The average molecular weight is 521 g/mol. The van der Waals surface area contributed by atoms with Crippen molar-refractivity contribution in [2.24, 2.45) is 0 Å². The standard InChI is InChI=1S/C38H29Cl/c39-38(34-22-12-4-13-23-34,35-24-14-5-15-25-35)36-28-26-33(27-29-36)37(30-16-6-1-7-17-30,31-18-8-2-9-19-31)32-20-10-3-11-21-32/h1-29H. The van der Waals surface area contributed by atoms with E-state index in [0.717, 1.165) is 16.7 Å². The van der Waals surface area contributed by atoms with Crippen molar-refractivity contribution < 1.29 is 0 Å². The number of halogens is 1. The number of rotatable bonds is 7. The van der Waals surface area contributed by atoms with Gasteiger partial charge in [0.1, 0.15) is 4.87 Å². The normalized spacial score (nSPS) is 11.7. The van der Waals surface area contributed by atoms with E-state index in [9.17, 15) is 0 Å². The molecule has 0 aliphatic heterocycles. The van der Waals surface area contributed by atoms with E-state index in [0.29, 0.717) is 0 Å². The molecule has 0 aliphatic rings. The second-order valence-electron chi connectivity index (χ2n) is 9.82. The van der Waals surface area contributed by atoms with Gasteiger partial charge in [-0.3, -0.25) is 0 Å². The Labute approximate surface area is 236 Å². The van der Waals surface area contributed by atoms with Crippen molar-refractivity contribution in [3.63, 3.8) is 0 Å². The molecule has 6 aromatic rings. The zero-order valence-electron chi connectivity index (χ0n) is 21.6. The lowest BCUT2D eigenvalue weighted by molar-refractivity contribution is 0.743. The Balaban J connectivity index is 1.59. The van der Waals surface area contributed by atoms with Gasteiger partial charge in [-0.05, 0) is 38.9 Å². The van der Waals surface area contributed by atoms with Crippen LogP contribution >= 0.6 is 11.6 Å². The molecular weight excluding hydrogens is 492 g/mol. The Bertz CT molecular complexity index is 1470. The third kappa shape index (κ3) is 4.38. The zero-order chi connectivity index (χ0) is 26.5. The third-order valence-electron chi connectivity index (χ3n) is 7.68. The summed E-state index contributed by atoms with van der Waals surface area (Å²) in [6.45, 7) is 0. The molecular formula is C38H29Cl. The fourth-order valence-electron chi connectivity index (χ4n) is 5.85. The summed E-state index contributed by atoms with van der Waals surface area (Å²) in [5, 5.41) is 0. The van der Waals surface area contributed by atoms with Crippen molar-refractivity contribution in [1.82, 2.24) is 0 Å². The highest BCUT2D eigenvalue weighted by molar-refractivity contribution is 6.28. The van der Waals surface area contributed by atoms with Crippen LogP contribution in [-0.4, -0.2) is 0 Å². The molecule has 6 rings (SSSR count). The van der Waals surface area contributed by atoms with Crippen LogP contribution in [0.4, 0.5) is 0 Å². The van der Waals surface area contributed by atoms with E-state index < -0.39 is 10.3 Å². The Morgan fingerprint density at radius 3 is 0.769 bits per heavy atom. The minimum Gasteiger partial charge on any atom is -0.104 e. The van der Waals surface area contributed by atoms with Gasteiger partial charge in [-0.25, -0.2) is 0 Å². The first-order valence-electron chi connectivity index (χ1n) is 13.3. The topological polar surface area (TPSA) is 0 Å². The number of hydrogen-bond donors (Lipinski definition) is 0. The van der Waals surface area contributed by atoms with E-state index in [-0.39, 0.29) is 0 Å². The first-order chi connectivity index (χ1) is 19.2. The number of hydrogen-bond acceptors (Lipinski definition) is 0. The highest BCUT2D eigenvalue weighted by atomic mass is 35.5. The van der Waals surface area contributed by atoms with Crippen molar-refractivity contribution in [3.05, 3.63) is 215 Å². The molecule has 0 nitrogen and oxygen atoms in total. The highest BCUT2D eigenvalue weighted by Crippen LogP contribution is 2.47. The van der Waals surface area contributed by atoms with Gasteiger partial charge in [0.25, 0.3) is 0 Å². The van der Waals surface area contributed by atoms with E-state index >= 15 is 0 Å². The first kappa shape index (κ1) is 24.9. The van der Waals surface area contributed by atoms with Crippen molar-refractivity contribution in [1.29, 1.82) is 0 Å². The minimum atomic E-state index is -0.810. The molecule has 0 aromatic heterocycles. The van der Waals surface area contributed by atoms with Gasteiger partial charge in [0, 0.05) is 0 Å². The first-order valence-corrected chi connectivity index (χ1v) is 13.7. The fourth-order valence-corrected chi connectivity index (χ4v) is 6.23. The van der Waals surface area contributed by atoms with Crippen LogP contribution in [0.3, 0.4) is 0 Å². The number of benzene rings is 6. The third-order valence-corrected chi connectivity index (χ3v) is 8.33. The summed E-state index contributed by atoms with van der Waals surface area (Å²) < 4.78 is 0. The molecule has 0 amide bonds. The summed E-state index contributed by atoms with van der Waals surface area (Å²) in [6, 6.07) is 62.0.